The molecule has 0 fully saturated rings. The number of ether oxygens (including phenoxy) is 3. The lowest BCUT2D eigenvalue weighted by Crippen LogP contribution is -2.23. The highest BCUT2D eigenvalue weighted by Gasteiger charge is 2.08. The van der Waals surface area contributed by atoms with Crippen LogP contribution in [-0.2, 0) is 29.1 Å². The molecule has 0 unspecified atom stereocenters. The van der Waals surface area contributed by atoms with Crippen LogP contribution in [0.3, 0.4) is 0 Å². The lowest BCUT2D eigenvalue weighted by Gasteiger charge is -2.11. The fraction of sp³-hybridized carbons (Fsp3) is 0.350. The Bertz CT molecular complexity index is 683. The molecule has 0 saturated heterocycles. The van der Waals surface area contributed by atoms with Gasteiger partial charge in [-0.1, -0.05) is 24.3 Å². The Morgan fingerprint density at radius 2 is 1.68 bits per heavy atom. The van der Waals surface area contributed by atoms with Crippen LogP contribution in [0.5, 0.6) is 11.5 Å². The van der Waals surface area contributed by atoms with Crippen LogP contribution in [-0.4, -0.2) is 27.2 Å². The number of benzene rings is 2. The second-order valence-corrected chi connectivity index (χ2v) is 5.70. The summed E-state index contributed by atoms with van der Waals surface area (Å²) in [5.41, 5.74) is 3.13. The smallest absolute Gasteiger partial charge is 0.220 e. The van der Waals surface area contributed by atoms with Gasteiger partial charge in [0, 0.05) is 20.1 Å². The summed E-state index contributed by atoms with van der Waals surface area (Å²) in [5, 5.41) is 2.94. The van der Waals surface area contributed by atoms with Gasteiger partial charge in [-0.25, -0.2) is 0 Å². The number of hydrogen-bond donors (Lipinski definition) is 1. The van der Waals surface area contributed by atoms with Gasteiger partial charge >= 0.3 is 0 Å². The normalized spacial score (nSPS) is 10.4. The van der Waals surface area contributed by atoms with Crippen molar-refractivity contribution in [3.8, 4) is 11.5 Å². The SMILES string of the molecule is COCc1ccc(CNC(=O)CCc2cc(OC)ccc2OC)cc1. The monoisotopic (exact) mass is 343 g/mol. The lowest BCUT2D eigenvalue weighted by molar-refractivity contribution is -0.121. The van der Waals surface area contributed by atoms with Gasteiger partial charge < -0.3 is 19.5 Å². The average molecular weight is 343 g/mol. The van der Waals surface area contributed by atoms with Gasteiger partial charge in [0.05, 0.1) is 20.8 Å². The second-order valence-electron chi connectivity index (χ2n) is 5.70. The van der Waals surface area contributed by atoms with Crippen LogP contribution in [0.2, 0.25) is 0 Å². The highest BCUT2D eigenvalue weighted by atomic mass is 16.5. The minimum absolute atomic E-state index is 0.00541. The molecule has 0 spiro atoms. The zero-order valence-corrected chi connectivity index (χ0v) is 15.0. The first kappa shape index (κ1) is 18.8. The maximum absolute atomic E-state index is 12.1. The number of rotatable bonds is 9. The molecule has 0 aliphatic carbocycles. The number of carbonyl (C=O) groups excluding carboxylic acids is 1. The summed E-state index contributed by atoms with van der Waals surface area (Å²) in [6.07, 6.45) is 0.990. The molecule has 0 heterocycles. The topological polar surface area (TPSA) is 56.8 Å². The van der Waals surface area contributed by atoms with Crippen LogP contribution in [0.15, 0.2) is 42.5 Å². The van der Waals surface area contributed by atoms with E-state index in [1.807, 2.05) is 42.5 Å². The van der Waals surface area contributed by atoms with Gasteiger partial charge in [-0.15, -0.1) is 0 Å². The number of aryl methyl sites for hydroxylation is 1. The Morgan fingerprint density at radius 3 is 2.32 bits per heavy atom. The van der Waals surface area contributed by atoms with E-state index in [9.17, 15) is 4.79 Å². The molecule has 0 aliphatic heterocycles. The van der Waals surface area contributed by atoms with E-state index in [2.05, 4.69) is 5.32 Å². The predicted molar refractivity (Wildman–Crippen MR) is 96.9 cm³/mol. The Morgan fingerprint density at radius 1 is 0.960 bits per heavy atom. The molecule has 0 aliphatic rings. The molecule has 1 N–H and O–H groups in total. The molecule has 2 aromatic rings. The number of amides is 1. The summed E-state index contributed by atoms with van der Waals surface area (Å²) in [5.74, 6) is 1.53. The second kappa shape index (κ2) is 9.69. The summed E-state index contributed by atoms with van der Waals surface area (Å²) in [4.78, 5) is 12.1. The molecule has 2 rings (SSSR count). The zero-order chi connectivity index (χ0) is 18.1. The quantitative estimate of drug-likeness (QED) is 0.760. The van der Waals surface area contributed by atoms with E-state index >= 15 is 0 Å². The predicted octanol–water partition coefficient (Wildman–Crippen LogP) is 3.10. The maximum Gasteiger partial charge on any atom is 0.220 e. The number of nitrogens with one attached hydrogen (secondary N) is 1. The van der Waals surface area contributed by atoms with Crippen LogP contribution in [0.1, 0.15) is 23.1 Å². The third-order valence-corrected chi connectivity index (χ3v) is 3.93. The van der Waals surface area contributed by atoms with Gasteiger partial charge in [-0.2, -0.15) is 0 Å². The molecule has 0 bridgehead atoms. The van der Waals surface area contributed by atoms with Crippen molar-refractivity contribution in [1.82, 2.24) is 5.32 Å². The van der Waals surface area contributed by atoms with Crippen molar-refractivity contribution in [3.05, 3.63) is 59.2 Å². The van der Waals surface area contributed by atoms with E-state index < -0.39 is 0 Å². The third kappa shape index (κ3) is 5.80. The molecule has 0 saturated carbocycles. The van der Waals surface area contributed by atoms with Crippen LogP contribution in [0.25, 0.3) is 0 Å². The van der Waals surface area contributed by atoms with Crippen molar-refractivity contribution < 1.29 is 19.0 Å². The largest absolute Gasteiger partial charge is 0.497 e. The van der Waals surface area contributed by atoms with Gasteiger partial charge in [0.2, 0.25) is 5.91 Å². The molecular weight excluding hydrogens is 318 g/mol. The average Bonchev–Trinajstić information content (AvgIpc) is 2.65. The first-order valence-electron chi connectivity index (χ1n) is 8.20. The van der Waals surface area contributed by atoms with Crippen LogP contribution in [0, 0.1) is 0 Å². The molecule has 25 heavy (non-hydrogen) atoms. The maximum atomic E-state index is 12.1. The molecule has 134 valence electrons. The fourth-order valence-corrected chi connectivity index (χ4v) is 2.53. The highest BCUT2D eigenvalue weighted by Crippen LogP contribution is 2.25. The van der Waals surface area contributed by atoms with Crippen molar-refractivity contribution in [2.24, 2.45) is 0 Å². The lowest BCUT2D eigenvalue weighted by atomic mass is 10.1. The molecule has 0 atom stereocenters. The van der Waals surface area contributed by atoms with Gasteiger partial charge in [0.15, 0.2) is 0 Å². The Balaban J connectivity index is 1.84. The van der Waals surface area contributed by atoms with E-state index in [0.717, 1.165) is 28.2 Å². The molecule has 1 amide bonds. The molecular formula is C20H25NO4. The summed E-state index contributed by atoms with van der Waals surface area (Å²) in [6, 6.07) is 13.6. The Kier molecular flexibility index (Phi) is 7.29. The Hall–Kier alpha value is -2.53. The highest BCUT2D eigenvalue weighted by molar-refractivity contribution is 5.76. The van der Waals surface area contributed by atoms with Crippen LogP contribution >= 0.6 is 0 Å². The van der Waals surface area contributed by atoms with Crippen molar-refractivity contribution in [3.63, 3.8) is 0 Å². The van der Waals surface area contributed by atoms with Crippen molar-refractivity contribution in [2.75, 3.05) is 21.3 Å². The minimum Gasteiger partial charge on any atom is -0.497 e. The van der Waals surface area contributed by atoms with E-state index in [1.54, 1.807) is 21.3 Å². The van der Waals surface area contributed by atoms with Gasteiger partial charge in [-0.3, -0.25) is 4.79 Å². The summed E-state index contributed by atoms with van der Waals surface area (Å²) >= 11 is 0. The summed E-state index contributed by atoms with van der Waals surface area (Å²) in [6.45, 7) is 1.11. The van der Waals surface area contributed by atoms with E-state index in [0.29, 0.717) is 26.0 Å². The zero-order valence-electron chi connectivity index (χ0n) is 15.0. The van der Waals surface area contributed by atoms with Gasteiger partial charge in [0.25, 0.3) is 0 Å². The molecule has 5 heteroatoms. The van der Waals surface area contributed by atoms with E-state index in [-0.39, 0.29) is 5.91 Å². The van der Waals surface area contributed by atoms with Crippen LogP contribution < -0.4 is 14.8 Å². The van der Waals surface area contributed by atoms with Crippen molar-refractivity contribution in [1.29, 1.82) is 0 Å². The molecule has 5 nitrogen and oxygen atoms in total. The van der Waals surface area contributed by atoms with Crippen molar-refractivity contribution in [2.45, 2.75) is 26.0 Å². The number of hydrogen-bond acceptors (Lipinski definition) is 4. The molecule has 0 aromatic heterocycles. The van der Waals surface area contributed by atoms with Gasteiger partial charge in [0.1, 0.15) is 11.5 Å². The minimum atomic E-state index is 0.00541. The summed E-state index contributed by atoms with van der Waals surface area (Å²) < 4.78 is 15.7. The summed E-state index contributed by atoms with van der Waals surface area (Å²) in [7, 11) is 4.92. The molecule has 2 aromatic carbocycles. The van der Waals surface area contributed by atoms with Crippen LogP contribution in [0.4, 0.5) is 0 Å². The van der Waals surface area contributed by atoms with E-state index in [1.165, 1.54) is 0 Å². The number of carbonyl (C=O) groups is 1. The molecule has 0 radical (unpaired) electrons. The first-order chi connectivity index (χ1) is 12.2. The standard InChI is InChI=1S/C20H25NO4/c1-23-14-16-6-4-15(5-7-16)13-21-20(22)11-8-17-12-18(24-2)9-10-19(17)25-3/h4-7,9-10,12H,8,11,13-14H2,1-3H3,(H,21,22). The fourth-order valence-electron chi connectivity index (χ4n) is 2.53. The van der Waals surface area contributed by atoms with E-state index in [4.69, 9.17) is 14.2 Å². The first-order valence-corrected chi connectivity index (χ1v) is 8.20. The number of methoxy groups -OCH3 is 3. The third-order valence-electron chi connectivity index (χ3n) is 3.93. The van der Waals surface area contributed by atoms with Gasteiger partial charge in [-0.05, 0) is 41.3 Å². The van der Waals surface area contributed by atoms with Crippen molar-refractivity contribution >= 4 is 5.91 Å². The Labute approximate surface area is 148 Å².